The maximum absolute atomic E-state index is 11.8. The summed E-state index contributed by atoms with van der Waals surface area (Å²) < 4.78 is 12.5. The fourth-order valence-electron chi connectivity index (χ4n) is 0.787. The Hall–Kier alpha value is -0.120. The highest BCUT2D eigenvalue weighted by molar-refractivity contribution is 7.16. The number of nitrogens with two attached hydrogens (primary N) is 1. The van der Waals surface area contributed by atoms with Gasteiger partial charge in [0.15, 0.2) is 0 Å². The zero-order chi connectivity index (χ0) is 8.27. The summed E-state index contributed by atoms with van der Waals surface area (Å²) in [6, 6.07) is 3.42. The molecule has 62 valence electrons. The molecule has 0 spiro atoms. The van der Waals surface area contributed by atoms with Gasteiger partial charge < -0.3 is 5.73 Å². The molecule has 0 aliphatic rings. The highest BCUT2D eigenvalue weighted by Gasteiger charge is 2.07. The van der Waals surface area contributed by atoms with E-state index in [1.165, 1.54) is 11.3 Å². The van der Waals surface area contributed by atoms with Crippen molar-refractivity contribution in [1.29, 1.82) is 0 Å². The average Bonchev–Trinajstić information content (AvgIpc) is 2.36. The molecule has 0 aliphatic carbocycles. The summed E-state index contributed by atoms with van der Waals surface area (Å²) >= 11 is 7.08. The van der Waals surface area contributed by atoms with Crippen LogP contribution >= 0.6 is 22.9 Å². The first-order valence-electron chi connectivity index (χ1n) is 3.31. The van der Waals surface area contributed by atoms with Gasteiger partial charge in [0.1, 0.15) is 0 Å². The third-order valence-electron chi connectivity index (χ3n) is 1.38. The minimum Gasteiger partial charge on any atom is -0.323 e. The Kier molecular flexibility index (Phi) is 3.30. The number of hydrogen-bond acceptors (Lipinski definition) is 2. The lowest BCUT2D eigenvalue weighted by molar-refractivity contribution is 0.444. The Balaban J connectivity index is 2.60. The quantitative estimate of drug-likeness (QED) is 0.785. The third-order valence-corrected chi connectivity index (χ3v) is 2.74. The highest BCUT2D eigenvalue weighted by atomic mass is 35.5. The second-order valence-corrected chi connectivity index (χ2v) is 3.97. The van der Waals surface area contributed by atoms with Crippen LogP contribution in [0.3, 0.4) is 0 Å². The van der Waals surface area contributed by atoms with Crippen molar-refractivity contribution in [3.05, 3.63) is 21.3 Å². The van der Waals surface area contributed by atoms with Crippen molar-refractivity contribution in [2.75, 3.05) is 6.67 Å². The van der Waals surface area contributed by atoms with E-state index in [-0.39, 0.29) is 12.7 Å². The van der Waals surface area contributed by atoms with E-state index >= 15 is 0 Å². The normalized spacial score (nSPS) is 13.4. The smallest absolute Gasteiger partial charge is 0.0931 e. The van der Waals surface area contributed by atoms with Crippen LogP contribution in [0.4, 0.5) is 4.39 Å². The molecule has 0 radical (unpaired) electrons. The molecule has 0 bridgehead atoms. The van der Waals surface area contributed by atoms with E-state index in [1.54, 1.807) is 6.07 Å². The topological polar surface area (TPSA) is 26.0 Å². The van der Waals surface area contributed by atoms with Crippen LogP contribution in [0, 0.1) is 0 Å². The van der Waals surface area contributed by atoms with Crippen LogP contribution < -0.4 is 5.73 Å². The standard InChI is InChI=1S/C7H9ClFNS/c8-7-2-1-6(11-7)5(10)3-4-9/h1-2,5H,3-4,10H2/t5-/m1/s1. The molecule has 0 fully saturated rings. The van der Waals surface area contributed by atoms with E-state index in [2.05, 4.69) is 0 Å². The Morgan fingerprint density at radius 3 is 2.82 bits per heavy atom. The van der Waals surface area contributed by atoms with E-state index < -0.39 is 0 Å². The second-order valence-electron chi connectivity index (χ2n) is 2.23. The number of thiophene rings is 1. The predicted octanol–water partition coefficient (Wildman–Crippen LogP) is 2.76. The Bertz CT molecular complexity index is 226. The number of alkyl halides is 1. The van der Waals surface area contributed by atoms with Crippen molar-refractivity contribution in [3.8, 4) is 0 Å². The molecule has 1 heterocycles. The number of hydrogen-bond donors (Lipinski definition) is 1. The van der Waals surface area contributed by atoms with Crippen molar-refractivity contribution in [1.82, 2.24) is 0 Å². The molecule has 1 aromatic rings. The molecule has 1 rings (SSSR count). The van der Waals surface area contributed by atoms with Crippen LogP contribution in [0.25, 0.3) is 0 Å². The van der Waals surface area contributed by atoms with Gasteiger partial charge in [-0.05, 0) is 18.6 Å². The highest BCUT2D eigenvalue weighted by Crippen LogP contribution is 2.26. The maximum atomic E-state index is 11.8. The van der Waals surface area contributed by atoms with Crippen molar-refractivity contribution >= 4 is 22.9 Å². The monoisotopic (exact) mass is 193 g/mol. The van der Waals surface area contributed by atoms with Gasteiger partial charge in [-0.2, -0.15) is 0 Å². The fraction of sp³-hybridized carbons (Fsp3) is 0.429. The lowest BCUT2D eigenvalue weighted by Gasteiger charge is -2.04. The summed E-state index contributed by atoms with van der Waals surface area (Å²) in [7, 11) is 0. The Morgan fingerprint density at radius 1 is 1.64 bits per heavy atom. The molecule has 0 aromatic carbocycles. The largest absolute Gasteiger partial charge is 0.323 e. The van der Waals surface area contributed by atoms with Crippen molar-refractivity contribution < 1.29 is 4.39 Å². The molecule has 0 saturated carbocycles. The van der Waals surface area contributed by atoms with Gasteiger partial charge in [0.05, 0.1) is 11.0 Å². The average molecular weight is 194 g/mol. The summed E-state index contributed by atoms with van der Waals surface area (Å²) in [5, 5.41) is 0. The van der Waals surface area contributed by atoms with Gasteiger partial charge in [-0.3, -0.25) is 4.39 Å². The lowest BCUT2D eigenvalue weighted by Crippen LogP contribution is -2.08. The van der Waals surface area contributed by atoms with Crippen LogP contribution in [0.15, 0.2) is 12.1 Å². The maximum Gasteiger partial charge on any atom is 0.0931 e. The van der Waals surface area contributed by atoms with Crippen LogP contribution in [0.2, 0.25) is 4.34 Å². The Morgan fingerprint density at radius 2 is 2.36 bits per heavy atom. The van der Waals surface area contributed by atoms with Gasteiger partial charge in [-0.1, -0.05) is 11.6 Å². The van der Waals surface area contributed by atoms with Gasteiger partial charge in [0, 0.05) is 10.9 Å². The summed E-state index contributed by atoms with van der Waals surface area (Å²) in [6.45, 7) is -0.378. The van der Waals surface area contributed by atoms with E-state index in [9.17, 15) is 4.39 Å². The summed E-state index contributed by atoms with van der Waals surface area (Å²) in [6.07, 6.45) is 0.372. The summed E-state index contributed by atoms with van der Waals surface area (Å²) in [5.74, 6) is 0. The third kappa shape index (κ3) is 2.43. The SMILES string of the molecule is N[C@H](CCF)c1ccc(Cl)s1. The molecule has 0 aliphatic heterocycles. The van der Waals surface area contributed by atoms with E-state index in [4.69, 9.17) is 17.3 Å². The van der Waals surface area contributed by atoms with E-state index in [0.29, 0.717) is 10.8 Å². The van der Waals surface area contributed by atoms with E-state index in [1.807, 2.05) is 6.07 Å². The van der Waals surface area contributed by atoms with Gasteiger partial charge in [-0.25, -0.2) is 0 Å². The molecule has 0 amide bonds. The molecule has 1 atom stereocenters. The molecule has 0 saturated heterocycles. The van der Waals surface area contributed by atoms with Crippen molar-refractivity contribution in [3.63, 3.8) is 0 Å². The molecule has 0 unspecified atom stereocenters. The van der Waals surface area contributed by atoms with Gasteiger partial charge in [0.25, 0.3) is 0 Å². The van der Waals surface area contributed by atoms with Gasteiger partial charge >= 0.3 is 0 Å². The van der Waals surface area contributed by atoms with Crippen molar-refractivity contribution in [2.24, 2.45) is 5.73 Å². The molecule has 11 heavy (non-hydrogen) atoms. The van der Waals surface area contributed by atoms with Crippen LogP contribution in [0.5, 0.6) is 0 Å². The zero-order valence-corrected chi connectivity index (χ0v) is 7.46. The van der Waals surface area contributed by atoms with Gasteiger partial charge in [-0.15, -0.1) is 11.3 Å². The van der Waals surface area contributed by atoms with Crippen LogP contribution in [-0.4, -0.2) is 6.67 Å². The first-order valence-corrected chi connectivity index (χ1v) is 4.50. The van der Waals surface area contributed by atoms with Gasteiger partial charge in [0.2, 0.25) is 0 Å². The molecule has 1 aromatic heterocycles. The number of halogens is 2. The molecular formula is C7H9ClFNS. The fourth-order valence-corrected chi connectivity index (χ4v) is 1.88. The van der Waals surface area contributed by atoms with E-state index in [0.717, 1.165) is 4.88 Å². The lowest BCUT2D eigenvalue weighted by atomic mass is 10.2. The first kappa shape index (κ1) is 8.97. The predicted molar refractivity (Wildman–Crippen MR) is 46.8 cm³/mol. The zero-order valence-electron chi connectivity index (χ0n) is 5.89. The molecule has 1 nitrogen and oxygen atoms in total. The van der Waals surface area contributed by atoms with Crippen LogP contribution in [0.1, 0.15) is 17.3 Å². The molecular weight excluding hydrogens is 185 g/mol. The Labute approximate surface area is 74.0 Å². The molecule has 2 N–H and O–H groups in total. The molecule has 4 heteroatoms. The van der Waals surface area contributed by atoms with Crippen LogP contribution in [-0.2, 0) is 0 Å². The first-order chi connectivity index (χ1) is 5.24. The minimum absolute atomic E-state index is 0.197. The van der Waals surface area contributed by atoms with Crippen molar-refractivity contribution in [2.45, 2.75) is 12.5 Å². The number of rotatable bonds is 3. The second kappa shape index (κ2) is 4.04. The minimum atomic E-state index is -0.378. The summed E-state index contributed by atoms with van der Waals surface area (Å²) in [5.41, 5.74) is 5.63. The summed E-state index contributed by atoms with van der Waals surface area (Å²) in [4.78, 5) is 0.952.